The summed E-state index contributed by atoms with van der Waals surface area (Å²) in [5, 5.41) is 0.454. The van der Waals surface area contributed by atoms with Crippen LogP contribution in [0.2, 0.25) is 5.02 Å². The minimum atomic E-state index is -0.150. The van der Waals surface area contributed by atoms with Crippen molar-refractivity contribution in [2.24, 2.45) is 9.98 Å². The maximum atomic E-state index is 13.8. The number of nitrogens with zero attached hydrogens (tertiary/aromatic N) is 5. The Balaban J connectivity index is 0.913. The highest BCUT2D eigenvalue weighted by molar-refractivity contribution is 6.30. The van der Waals surface area contributed by atoms with Crippen LogP contribution in [0.25, 0.3) is 0 Å². The number of pyridine rings is 1. The SMILES string of the molecule is COc1cc2c(cc1OCc1cc(Cl)cc(COc3cc4c(cc3OC)C(=O)N3Cc5ccccc5C[C@H]3C=N4)n1)N=C[C@@H]1Cc3ccccc3CN1C2=O. The molecule has 5 aromatic rings. The van der Waals surface area contributed by atoms with Gasteiger partial charge < -0.3 is 28.7 Å². The molecule has 55 heavy (non-hydrogen) atoms. The molecule has 1 aromatic heterocycles. The Morgan fingerprint density at radius 1 is 0.618 bits per heavy atom. The number of benzene rings is 4. The first-order chi connectivity index (χ1) is 26.8. The first-order valence-electron chi connectivity index (χ1n) is 18.0. The first-order valence-corrected chi connectivity index (χ1v) is 18.4. The van der Waals surface area contributed by atoms with Crippen LogP contribution in [0.1, 0.15) is 54.4 Å². The molecule has 0 N–H and O–H groups in total. The molecule has 4 aliphatic rings. The topological polar surface area (TPSA) is 115 Å². The van der Waals surface area contributed by atoms with Gasteiger partial charge in [-0.25, -0.2) is 0 Å². The maximum absolute atomic E-state index is 13.8. The molecule has 0 saturated heterocycles. The van der Waals surface area contributed by atoms with E-state index in [0.29, 0.717) is 87.8 Å². The van der Waals surface area contributed by atoms with Gasteiger partial charge in [0.1, 0.15) is 13.2 Å². The molecule has 4 aromatic carbocycles. The van der Waals surface area contributed by atoms with Crippen LogP contribution in [-0.4, -0.2) is 65.3 Å². The Morgan fingerprint density at radius 3 is 1.49 bits per heavy atom. The number of hydrogen-bond acceptors (Lipinski definition) is 9. The van der Waals surface area contributed by atoms with Crippen molar-refractivity contribution in [1.29, 1.82) is 0 Å². The first kappa shape index (κ1) is 34.6. The molecular formula is C43H36ClN5O6. The van der Waals surface area contributed by atoms with E-state index in [1.165, 1.54) is 25.3 Å². The second-order valence-electron chi connectivity index (χ2n) is 13.9. The summed E-state index contributed by atoms with van der Waals surface area (Å²) in [7, 11) is 3.07. The number of carbonyl (C=O) groups excluding carboxylic acids is 2. The zero-order valence-corrected chi connectivity index (χ0v) is 31.0. The van der Waals surface area contributed by atoms with Crippen molar-refractivity contribution < 1.29 is 28.5 Å². The normalized spacial score (nSPS) is 17.8. The summed E-state index contributed by atoms with van der Waals surface area (Å²) in [5.41, 5.74) is 7.75. The number of aliphatic imine (C=N–C) groups is 2. The summed E-state index contributed by atoms with van der Waals surface area (Å²) in [6.07, 6.45) is 5.09. The summed E-state index contributed by atoms with van der Waals surface area (Å²) in [4.78, 5) is 45.5. The molecule has 0 spiro atoms. The van der Waals surface area contributed by atoms with Crippen molar-refractivity contribution >= 4 is 47.2 Å². The van der Waals surface area contributed by atoms with Gasteiger partial charge in [-0.1, -0.05) is 60.1 Å². The third-order valence-corrected chi connectivity index (χ3v) is 10.8. The van der Waals surface area contributed by atoms with Crippen molar-refractivity contribution in [3.8, 4) is 23.0 Å². The number of amides is 2. The average Bonchev–Trinajstić information content (AvgIpc) is 3.42. The van der Waals surface area contributed by atoms with Gasteiger partial charge in [0, 0.05) is 42.7 Å². The quantitative estimate of drug-likeness (QED) is 0.161. The van der Waals surface area contributed by atoms with Crippen LogP contribution < -0.4 is 18.9 Å². The Hall–Kier alpha value is -6.20. The average molecular weight is 754 g/mol. The van der Waals surface area contributed by atoms with Gasteiger partial charge in [-0.15, -0.1) is 0 Å². The number of hydrogen-bond donors (Lipinski definition) is 0. The lowest BCUT2D eigenvalue weighted by Gasteiger charge is -2.34. The van der Waals surface area contributed by atoms with Gasteiger partial charge >= 0.3 is 0 Å². The van der Waals surface area contributed by atoms with Gasteiger partial charge in [-0.2, -0.15) is 0 Å². The predicted molar refractivity (Wildman–Crippen MR) is 208 cm³/mol. The van der Waals surface area contributed by atoms with E-state index in [2.05, 4.69) is 24.3 Å². The van der Waals surface area contributed by atoms with Gasteiger partial charge in [0.2, 0.25) is 0 Å². The molecule has 2 amide bonds. The number of ether oxygens (including phenoxy) is 4. The molecule has 11 nitrogen and oxygen atoms in total. The van der Waals surface area contributed by atoms with Gasteiger partial charge in [-0.3, -0.25) is 24.6 Å². The fourth-order valence-electron chi connectivity index (χ4n) is 7.71. The van der Waals surface area contributed by atoms with E-state index in [0.717, 1.165) is 11.1 Å². The van der Waals surface area contributed by atoms with E-state index in [4.69, 9.17) is 45.5 Å². The molecule has 0 unspecified atom stereocenters. The van der Waals surface area contributed by atoms with Crippen LogP contribution in [0.4, 0.5) is 11.4 Å². The highest BCUT2D eigenvalue weighted by Crippen LogP contribution is 2.40. The molecule has 9 rings (SSSR count). The molecule has 0 saturated carbocycles. The van der Waals surface area contributed by atoms with E-state index < -0.39 is 0 Å². The minimum Gasteiger partial charge on any atom is -0.493 e. The molecule has 276 valence electrons. The number of methoxy groups -OCH3 is 2. The highest BCUT2D eigenvalue weighted by Gasteiger charge is 2.35. The number of fused-ring (bicyclic) bond motifs is 6. The van der Waals surface area contributed by atoms with Crippen LogP contribution in [0.5, 0.6) is 23.0 Å². The fraction of sp³-hybridized carbons (Fsp3) is 0.233. The van der Waals surface area contributed by atoms with E-state index >= 15 is 0 Å². The number of aromatic nitrogens is 1. The van der Waals surface area contributed by atoms with Crippen molar-refractivity contribution in [1.82, 2.24) is 14.8 Å². The Bertz CT molecular complexity index is 2270. The fourth-order valence-corrected chi connectivity index (χ4v) is 7.96. The third kappa shape index (κ3) is 6.54. The van der Waals surface area contributed by atoms with Crippen molar-refractivity contribution in [2.75, 3.05) is 14.2 Å². The molecule has 0 aliphatic carbocycles. The van der Waals surface area contributed by atoms with Crippen LogP contribution >= 0.6 is 11.6 Å². The van der Waals surface area contributed by atoms with Gasteiger partial charge in [0.25, 0.3) is 11.8 Å². The second-order valence-corrected chi connectivity index (χ2v) is 14.3. The zero-order chi connectivity index (χ0) is 37.6. The number of carbonyl (C=O) groups is 2. The Kier molecular flexibility index (Phi) is 8.94. The van der Waals surface area contributed by atoms with Crippen molar-refractivity contribution in [2.45, 2.75) is 51.2 Å². The molecule has 5 heterocycles. The monoisotopic (exact) mass is 753 g/mol. The summed E-state index contributed by atoms with van der Waals surface area (Å²) >= 11 is 6.55. The standard InChI is InChI=1S/C43H36ClN5O6/c1-52-38-15-34-36(45-19-32-11-25-7-3-5-9-27(25)21-48(32)42(34)50)17-40(38)54-23-30-13-29(44)14-31(47-30)24-55-41-18-37-35(16-39(41)53-2)43(51)49-22-28-10-6-4-8-26(28)12-33(49)20-46-37/h3-10,13-20,32-33H,11-12,21-24H2,1-2H3/t32-,33-/m0/s1. The molecule has 0 radical (unpaired) electrons. The van der Waals surface area contributed by atoms with Crippen LogP contribution in [0, 0.1) is 0 Å². The van der Waals surface area contributed by atoms with Crippen molar-refractivity contribution in [3.63, 3.8) is 0 Å². The minimum absolute atomic E-state index is 0.0605. The summed E-state index contributed by atoms with van der Waals surface area (Å²) < 4.78 is 23.8. The highest BCUT2D eigenvalue weighted by atomic mass is 35.5. The lowest BCUT2D eigenvalue weighted by molar-refractivity contribution is 0.0696. The third-order valence-electron chi connectivity index (χ3n) is 10.5. The second kappa shape index (κ2) is 14.2. The molecular weight excluding hydrogens is 718 g/mol. The molecule has 0 fully saturated rings. The van der Waals surface area contributed by atoms with E-state index in [-0.39, 0.29) is 37.1 Å². The van der Waals surface area contributed by atoms with Crippen molar-refractivity contribution in [3.05, 3.63) is 135 Å². The molecule has 4 aliphatic heterocycles. The summed E-state index contributed by atoms with van der Waals surface area (Å²) in [6.45, 7) is 1.15. The summed E-state index contributed by atoms with van der Waals surface area (Å²) in [5.74, 6) is 1.42. The Labute approximate surface area is 322 Å². The maximum Gasteiger partial charge on any atom is 0.257 e. The number of rotatable bonds is 8. The largest absolute Gasteiger partial charge is 0.493 e. The van der Waals surface area contributed by atoms with Crippen LogP contribution in [0.15, 0.2) is 94.9 Å². The lowest BCUT2D eigenvalue weighted by Crippen LogP contribution is -2.44. The smallest absolute Gasteiger partial charge is 0.257 e. The van der Waals surface area contributed by atoms with Gasteiger partial charge in [-0.05, 0) is 59.4 Å². The van der Waals surface area contributed by atoms with Gasteiger partial charge in [0.15, 0.2) is 23.0 Å². The number of halogens is 1. The molecule has 2 atom stereocenters. The summed E-state index contributed by atoms with van der Waals surface area (Å²) in [6, 6.07) is 26.3. The zero-order valence-electron chi connectivity index (χ0n) is 30.2. The lowest BCUT2D eigenvalue weighted by atomic mass is 9.94. The van der Waals surface area contributed by atoms with Gasteiger partial charge in [0.05, 0.1) is 60.2 Å². The molecule has 12 heteroatoms. The van der Waals surface area contributed by atoms with Crippen LogP contribution in [0.3, 0.4) is 0 Å². The molecule has 0 bridgehead atoms. The van der Waals surface area contributed by atoms with E-state index in [1.54, 1.807) is 36.4 Å². The predicted octanol–water partition coefficient (Wildman–Crippen LogP) is 7.48. The van der Waals surface area contributed by atoms with E-state index in [9.17, 15) is 9.59 Å². The van der Waals surface area contributed by atoms with Crippen LogP contribution in [-0.2, 0) is 39.1 Å². The Morgan fingerprint density at radius 2 is 1.05 bits per heavy atom. The van der Waals surface area contributed by atoms with E-state index in [1.807, 2.05) is 46.5 Å².